The predicted octanol–water partition coefficient (Wildman–Crippen LogP) is 4.66. The van der Waals surface area contributed by atoms with Crippen LogP contribution >= 0.6 is 0 Å². The van der Waals surface area contributed by atoms with Crippen molar-refractivity contribution in [2.24, 2.45) is 0 Å². The number of nitrogens with one attached hydrogen (secondary N) is 1. The summed E-state index contributed by atoms with van der Waals surface area (Å²) in [7, 11) is -3.56. The molecule has 0 bridgehead atoms. The second kappa shape index (κ2) is 10.2. The maximum atomic E-state index is 13.0. The Bertz CT molecular complexity index is 929. The standard InChI is InChI=1S/C24H32N2O3S/c1-3-26(30(28,29)23-16-10-19(2)11-17-23)18-20-12-14-21(15-13-20)24(27)25-22-8-6-4-5-7-9-22/h10-17,22H,3-9,18H2,1-2H3,(H,25,27). The summed E-state index contributed by atoms with van der Waals surface area (Å²) in [5.41, 5.74) is 2.50. The first kappa shape index (κ1) is 22.5. The normalized spacial score (nSPS) is 15.7. The molecule has 30 heavy (non-hydrogen) atoms. The van der Waals surface area contributed by atoms with E-state index in [2.05, 4.69) is 5.32 Å². The highest BCUT2D eigenvalue weighted by atomic mass is 32.2. The van der Waals surface area contributed by atoms with Crippen molar-refractivity contribution >= 4 is 15.9 Å². The summed E-state index contributed by atoms with van der Waals surface area (Å²) < 4.78 is 27.4. The van der Waals surface area contributed by atoms with Crippen LogP contribution in [0, 0.1) is 6.92 Å². The minimum atomic E-state index is -3.56. The molecular formula is C24H32N2O3S. The molecule has 0 aromatic heterocycles. The average molecular weight is 429 g/mol. The fourth-order valence-corrected chi connectivity index (χ4v) is 5.32. The van der Waals surface area contributed by atoms with Crippen molar-refractivity contribution in [3.05, 3.63) is 65.2 Å². The Kier molecular flexibility index (Phi) is 7.67. The summed E-state index contributed by atoms with van der Waals surface area (Å²) in [6, 6.07) is 14.4. The van der Waals surface area contributed by atoms with Gasteiger partial charge < -0.3 is 5.32 Å². The van der Waals surface area contributed by atoms with Crippen LogP contribution in [-0.2, 0) is 16.6 Å². The summed E-state index contributed by atoms with van der Waals surface area (Å²) >= 11 is 0. The number of amides is 1. The van der Waals surface area contributed by atoms with Crippen LogP contribution in [-0.4, -0.2) is 31.2 Å². The Morgan fingerprint density at radius 2 is 1.57 bits per heavy atom. The molecule has 2 aromatic rings. The molecule has 6 heteroatoms. The lowest BCUT2D eigenvalue weighted by molar-refractivity contribution is 0.0933. The number of sulfonamides is 1. The zero-order valence-corrected chi connectivity index (χ0v) is 18.7. The number of hydrogen-bond donors (Lipinski definition) is 1. The van der Waals surface area contributed by atoms with Crippen molar-refractivity contribution in [2.45, 2.75) is 69.9 Å². The van der Waals surface area contributed by atoms with E-state index in [-0.39, 0.29) is 18.5 Å². The lowest BCUT2D eigenvalue weighted by atomic mass is 10.1. The van der Waals surface area contributed by atoms with E-state index < -0.39 is 10.0 Å². The first-order valence-corrected chi connectivity index (χ1v) is 12.3. The van der Waals surface area contributed by atoms with Crippen LogP contribution in [0.4, 0.5) is 0 Å². The summed E-state index contributed by atoms with van der Waals surface area (Å²) in [6.07, 6.45) is 6.94. The maximum Gasteiger partial charge on any atom is 0.251 e. The van der Waals surface area contributed by atoms with Crippen LogP contribution in [0.1, 0.15) is 66.9 Å². The number of rotatable bonds is 7. The van der Waals surface area contributed by atoms with Crippen molar-refractivity contribution in [3.8, 4) is 0 Å². The van der Waals surface area contributed by atoms with Crippen LogP contribution in [0.3, 0.4) is 0 Å². The number of aryl methyl sites for hydroxylation is 1. The third-order valence-electron chi connectivity index (χ3n) is 5.78. The number of benzene rings is 2. The van der Waals surface area contributed by atoms with Crippen LogP contribution < -0.4 is 5.32 Å². The van der Waals surface area contributed by atoms with Crippen molar-refractivity contribution in [2.75, 3.05) is 6.54 Å². The Hall–Kier alpha value is -2.18. The Morgan fingerprint density at radius 1 is 0.967 bits per heavy atom. The van der Waals surface area contributed by atoms with Gasteiger partial charge in [-0.15, -0.1) is 0 Å². The first-order valence-electron chi connectivity index (χ1n) is 10.9. The molecular weight excluding hydrogens is 396 g/mol. The minimum Gasteiger partial charge on any atom is -0.349 e. The van der Waals surface area contributed by atoms with E-state index >= 15 is 0 Å². The molecule has 1 aliphatic rings. The summed E-state index contributed by atoms with van der Waals surface area (Å²) in [6.45, 7) is 4.42. The number of carbonyl (C=O) groups is 1. The highest BCUT2D eigenvalue weighted by molar-refractivity contribution is 7.89. The SMILES string of the molecule is CCN(Cc1ccc(C(=O)NC2CCCCCC2)cc1)S(=O)(=O)c1ccc(C)cc1. The van der Waals surface area contributed by atoms with Crippen LogP contribution in [0.15, 0.2) is 53.4 Å². The predicted molar refractivity (Wildman–Crippen MR) is 120 cm³/mol. The van der Waals surface area contributed by atoms with Crippen molar-refractivity contribution < 1.29 is 13.2 Å². The van der Waals surface area contributed by atoms with E-state index in [1.54, 1.807) is 24.3 Å². The molecule has 3 rings (SSSR count). The van der Waals surface area contributed by atoms with E-state index in [1.165, 1.54) is 30.0 Å². The largest absolute Gasteiger partial charge is 0.349 e. The number of carbonyl (C=O) groups excluding carboxylic acids is 1. The topological polar surface area (TPSA) is 66.5 Å². The van der Waals surface area contributed by atoms with Crippen LogP contribution in [0.5, 0.6) is 0 Å². The molecule has 0 aliphatic heterocycles. The molecule has 0 radical (unpaired) electrons. The third-order valence-corrected chi connectivity index (χ3v) is 7.71. The zero-order chi connectivity index (χ0) is 21.6. The molecule has 0 heterocycles. The number of nitrogens with zero attached hydrogens (tertiary/aromatic N) is 1. The zero-order valence-electron chi connectivity index (χ0n) is 17.9. The van der Waals surface area contributed by atoms with Gasteiger partial charge in [-0.2, -0.15) is 4.31 Å². The van der Waals surface area contributed by atoms with Gasteiger partial charge in [0, 0.05) is 24.7 Å². The molecule has 0 saturated heterocycles. The Morgan fingerprint density at radius 3 is 2.13 bits per heavy atom. The van der Waals surface area contributed by atoms with Gasteiger partial charge in [-0.05, 0) is 49.6 Å². The van der Waals surface area contributed by atoms with Gasteiger partial charge >= 0.3 is 0 Å². The molecule has 1 aliphatic carbocycles. The van der Waals surface area contributed by atoms with Crippen molar-refractivity contribution in [3.63, 3.8) is 0 Å². The Labute approximate surface area is 180 Å². The van der Waals surface area contributed by atoms with Gasteiger partial charge in [-0.25, -0.2) is 8.42 Å². The molecule has 5 nitrogen and oxygen atoms in total. The maximum absolute atomic E-state index is 13.0. The second-order valence-electron chi connectivity index (χ2n) is 8.10. The van der Waals surface area contributed by atoms with E-state index in [0.717, 1.165) is 24.0 Å². The van der Waals surface area contributed by atoms with Crippen LogP contribution in [0.2, 0.25) is 0 Å². The molecule has 1 fully saturated rings. The van der Waals surface area contributed by atoms with E-state index in [1.807, 2.05) is 38.1 Å². The van der Waals surface area contributed by atoms with Crippen molar-refractivity contribution in [1.29, 1.82) is 0 Å². The molecule has 0 atom stereocenters. The van der Waals surface area contributed by atoms with E-state index in [4.69, 9.17) is 0 Å². The molecule has 1 N–H and O–H groups in total. The Balaban J connectivity index is 1.66. The lowest BCUT2D eigenvalue weighted by Gasteiger charge is -2.21. The number of hydrogen-bond acceptors (Lipinski definition) is 3. The molecule has 2 aromatic carbocycles. The quantitative estimate of drug-likeness (QED) is 0.652. The molecule has 0 unspecified atom stereocenters. The molecule has 0 spiro atoms. The molecule has 1 saturated carbocycles. The third kappa shape index (κ3) is 5.70. The van der Waals surface area contributed by atoms with E-state index in [9.17, 15) is 13.2 Å². The summed E-state index contributed by atoms with van der Waals surface area (Å²) in [5.74, 6) is -0.0481. The van der Waals surface area contributed by atoms with Gasteiger partial charge in [0.15, 0.2) is 0 Å². The first-order chi connectivity index (χ1) is 14.4. The second-order valence-corrected chi connectivity index (χ2v) is 10.0. The fraction of sp³-hybridized carbons (Fsp3) is 0.458. The summed E-state index contributed by atoms with van der Waals surface area (Å²) in [4.78, 5) is 12.9. The van der Waals surface area contributed by atoms with Gasteiger partial charge in [-0.3, -0.25) is 4.79 Å². The lowest BCUT2D eigenvalue weighted by Crippen LogP contribution is -2.34. The average Bonchev–Trinajstić information content (AvgIpc) is 3.01. The van der Waals surface area contributed by atoms with Crippen LogP contribution in [0.25, 0.3) is 0 Å². The van der Waals surface area contributed by atoms with Gasteiger partial charge in [0.05, 0.1) is 4.90 Å². The van der Waals surface area contributed by atoms with Gasteiger partial charge in [0.1, 0.15) is 0 Å². The minimum absolute atomic E-state index is 0.0481. The van der Waals surface area contributed by atoms with Gasteiger partial charge in [0.2, 0.25) is 10.0 Å². The highest BCUT2D eigenvalue weighted by Gasteiger charge is 2.23. The smallest absolute Gasteiger partial charge is 0.251 e. The van der Waals surface area contributed by atoms with Gasteiger partial charge in [-0.1, -0.05) is 62.4 Å². The monoisotopic (exact) mass is 428 g/mol. The fourth-order valence-electron chi connectivity index (χ4n) is 3.88. The highest BCUT2D eigenvalue weighted by Crippen LogP contribution is 2.20. The summed E-state index contributed by atoms with van der Waals surface area (Å²) in [5, 5.41) is 3.15. The van der Waals surface area contributed by atoms with E-state index in [0.29, 0.717) is 17.0 Å². The molecule has 162 valence electrons. The molecule has 1 amide bonds. The van der Waals surface area contributed by atoms with Gasteiger partial charge in [0.25, 0.3) is 5.91 Å². The van der Waals surface area contributed by atoms with Crippen molar-refractivity contribution in [1.82, 2.24) is 9.62 Å².